The number of H-pyrrole nitrogens is 1. The molecule has 9 nitrogen and oxygen atoms in total. The van der Waals surface area contributed by atoms with E-state index in [1.807, 2.05) is 61.2 Å². The van der Waals surface area contributed by atoms with Gasteiger partial charge in [0.05, 0.1) is 12.3 Å². The van der Waals surface area contributed by atoms with Crippen molar-refractivity contribution in [2.45, 2.75) is 39.5 Å². The van der Waals surface area contributed by atoms with E-state index in [0.717, 1.165) is 16.5 Å². The summed E-state index contributed by atoms with van der Waals surface area (Å²) in [4.78, 5) is 31.4. The van der Waals surface area contributed by atoms with Crippen molar-refractivity contribution in [2.24, 2.45) is 0 Å². The van der Waals surface area contributed by atoms with Gasteiger partial charge in [-0.1, -0.05) is 36.4 Å². The number of rotatable bonds is 10. The zero-order chi connectivity index (χ0) is 24.9. The van der Waals surface area contributed by atoms with E-state index in [2.05, 4.69) is 10.1 Å². The third-order valence-electron chi connectivity index (χ3n) is 5.77. The molecule has 2 N–H and O–H groups in total. The predicted molar refractivity (Wildman–Crippen MR) is 133 cm³/mol. The van der Waals surface area contributed by atoms with Gasteiger partial charge in [-0.25, -0.2) is 14.3 Å². The van der Waals surface area contributed by atoms with Gasteiger partial charge in [0.2, 0.25) is 0 Å². The maximum atomic E-state index is 12.6. The number of nitrogens with zero attached hydrogens (tertiary/aromatic N) is 3. The molecule has 2 aromatic heterocycles. The van der Waals surface area contributed by atoms with E-state index in [1.165, 1.54) is 16.8 Å². The summed E-state index contributed by atoms with van der Waals surface area (Å²) in [5, 5.41) is 15.5. The second-order valence-electron chi connectivity index (χ2n) is 8.62. The lowest BCUT2D eigenvalue weighted by Gasteiger charge is -2.28. The molecule has 0 aliphatic carbocycles. The van der Waals surface area contributed by atoms with Crippen molar-refractivity contribution in [3.05, 3.63) is 76.3 Å². The van der Waals surface area contributed by atoms with E-state index >= 15 is 0 Å². The Bertz CT molecular complexity index is 1370. The highest BCUT2D eigenvalue weighted by atomic mass is 16.5. The fraction of sp³-hybridized carbons (Fsp3) is 0.346. The molecule has 35 heavy (non-hydrogen) atoms. The number of benzene rings is 2. The molecule has 0 aliphatic rings. The largest absolute Gasteiger partial charge is 0.490 e. The zero-order valence-corrected chi connectivity index (χ0v) is 20.1. The Morgan fingerprint density at radius 3 is 2.74 bits per heavy atom. The summed E-state index contributed by atoms with van der Waals surface area (Å²) in [7, 11) is 0. The van der Waals surface area contributed by atoms with Crippen LogP contribution in [0.1, 0.15) is 36.8 Å². The molecule has 0 saturated carbocycles. The van der Waals surface area contributed by atoms with Crippen LogP contribution >= 0.6 is 0 Å². The average molecular weight is 479 g/mol. The van der Waals surface area contributed by atoms with Crippen molar-refractivity contribution in [2.75, 3.05) is 19.8 Å². The predicted octanol–water partition coefficient (Wildman–Crippen LogP) is 3.00. The molecule has 2 aromatic carbocycles. The molecule has 0 radical (unpaired) electrons. The fourth-order valence-corrected chi connectivity index (χ4v) is 3.97. The Kier molecular flexibility index (Phi) is 7.48. The first-order valence-corrected chi connectivity index (χ1v) is 11.7. The summed E-state index contributed by atoms with van der Waals surface area (Å²) in [6, 6.07) is 15.3. The number of ether oxygens (including phenoxy) is 2. The molecule has 184 valence electrons. The maximum absolute atomic E-state index is 12.6. The second-order valence-corrected chi connectivity index (χ2v) is 8.62. The highest BCUT2D eigenvalue weighted by molar-refractivity contribution is 5.95. The monoisotopic (exact) mass is 478 g/mol. The van der Waals surface area contributed by atoms with Crippen LogP contribution in [0.3, 0.4) is 0 Å². The molecule has 4 aromatic rings. The number of aromatic nitrogens is 3. The molecule has 1 unspecified atom stereocenters. The molecule has 9 heteroatoms. The number of aliphatic hydroxyl groups excluding tert-OH is 1. The molecule has 0 aliphatic heterocycles. The van der Waals surface area contributed by atoms with Crippen molar-refractivity contribution in [1.82, 2.24) is 19.5 Å². The van der Waals surface area contributed by atoms with Gasteiger partial charge in [-0.3, -0.25) is 14.8 Å². The summed E-state index contributed by atoms with van der Waals surface area (Å²) in [6.45, 7) is 6.71. The maximum Gasteiger partial charge on any atom is 0.343 e. The first kappa shape index (κ1) is 24.4. The molecule has 1 atom stereocenters. The SMILES string of the molecule is CCOC(=O)c1c[nH]n2c(=O)cc(CN(CC(O)COc3cccc4ccccc34)C(C)C)nc12. The number of aliphatic hydroxyl groups is 1. The van der Waals surface area contributed by atoms with Crippen LogP contribution in [0.25, 0.3) is 16.4 Å². The lowest BCUT2D eigenvalue weighted by Crippen LogP contribution is -2.39. The Morgan fingerprint density at radius 1 is 1.20 bits per heavy atom. The summed E-state index contributed by atoms with van der Waals surface area (Å²) in [5.74, 6) is 0.175. The third-order valence-corrected chi connectivity index (χ3v) is 5.77. The smallest absolute Gasteiger partial charge is 0.343 e. The van der Waals surface area contributed by atoms with Crippen LogP contribution in [-0.2, 0) is 11.3 Å². The van der Waals surface area contributed by atoms with Gasteiger partial charge in [-0.05, 0) is 32.2 Å². The Hall–Kier alpha value is -3.69. The molecular weight excluding hydrogens is 448 g/mol. The van der Waals surface area contributed by atoms with E-state index in [1.54, 1.807) is 6.92 Å². The zero-order valence-electron chi connectivity index (χ0n) is 20.1. The molecule has 0 saturated heterocycles. The van der Waals surface area contributed by atoms with E-state index in [9.17, 15) is 14.7 Å². The lowest BCUT2D eigenvalue weighted by atomic mass is 10.1. The first-order valence-electron chi connectivity index (χ1n) is 11.7. The normalized spacial score (nSPS) is 12.5. The van der Waals surface area contributed by atoms with E-state index in [4.69, 9.17) is 9.47 Å². The van der Waals surface area contributed by atoms with Crippen LogP contribution in [0.5, 0.6) is 5.75 Å². The van der Waals surface area contributed by atoms with Crippen molar-refractivity contribution < 1.29 is 19.4 Å². The van der Waals surface area contributed by atoms with Crippen molar-refractivity contribution in [1.29, 1.82) is 0 Å². The summed E-state index contributed by atoms with van der Waals surface area (Å²) in [6.07, 6.45) is 0.656. The second kappa shape index (κ2) is 10.7. The highest BCUT2D eigenvalue weighted by Gasteiger charge is 2.20. The lowest BCUT2D eigenvalue weighted by molar-refractivity contribution is 0.0528. The molecule has 0 amide bonds. The number of aromatic amines is 1. The van der Waals surface area contributed by atoms with Crippen molar-refractivity contribution in [3.63, 3.8) is 0 Å². The Balaban J connectivity index is 1.47. The van der Waals surface area contributed by atoms with Gasteiger partial charge in [0.25, 0.3) is 5.56 Å². The number of fused-ring (bicyclic) bond motifs is 2. The van der Waals surface area contributed by atoms with Crippen LogP contribution in [0, 0.1) is 0 Å². The number of hydrogen-bond donors (Lipinski definition) is 2. The molecule has 0 spiro atoms. The Labute approximate surface area is 202 Å². The van der Waals surface area contributed by atoms with Gasteiger partial charge < -0.3 is 14.6 Å². The van der Waals surface area contributed by atoms with Gasteiger partial charge in [0, 0.05) is 36.8 Å². The minimum Gasteiger partial charge on any atom is -0.490 e. The molecule has 4 rings (SSSR count). The number of nitrogens with one attached hydrogen (secondary N) is 1. The van der Waals surface area contributed by atoms with Crippen molar-refractivity contribution in [3.8, 4) is 5.75 Å². The highest BCUT2D eigenvalue weighted by Crippen LogP contribution is 2.25. The topological polar surface area (TPSA) is 109 Å². The molecule has 2 heterocycles. The Morgan fingerprint density at radius 2 is 1.97 bits per heavy atom. The van der Waals surface area contributed by atoms with Crippen LogP contribution in [0.4, 0.5) is 0 Å². The molecule has 0 fully saturated rings. The quantitative estimate of drug-likeness (QED) is 0.337. The van der Waals surface area contributed by atoms with Gasteiger partial charge >= 0.3 is 5.97 Å². The first-order chi connectivity index (χ1) is 16.9. The summed E-state index contributed by atoms with van der Waals surface area (Å²) in [5.41, 5.74) is 0.583. The van der Waals surface area contributed by atoms with Crippen LogP contribution < -0.4 is 10.3 Å². The summed E-state index contributed by atoms with van der Waals surface area (Å²) < 4.78 is 12.2. The van der Waals surface area contributed by atoms with Crippen LogP contribution in [0.15, 0.2) is 59.5 Å². The third kappa shape index (κ3) is 5.52. The molecule has 0 bridgehead atoms. The number of carbonyl (C=O) groups is 1. The fourth-order valence-electron chi connectivity index (χ4n) is 3.97. The van der Waals surface area contributed by atoms with Crippen LogP contribution in [0.2, 0.25) is 0 Å². The summed E-state index contributed by atoms with van der Waals surface area (Å²) >= 11 is 0. The number of carbonyl (C=O) groups excluding carboxylic acids is 1. The van der Waals surface area contributed by atoms with Crippen molar-refractivity contribution >= 4 is 22.4 Å². The number of esters is 1. The van der Waals surface area contributed by atoms with E-state index in [-0.39, 0.29) is 36.0 Å². The van der Waals surface area contributed by atoms with Gasteiger partial charge in [-0.2, -0.15) is 0 Å². The molecular formula is C26H30N4O5. The minimum absolute atomic E-state index is 0.0678. The van der Waals surface area contributed by atoms with Crippen LogP contribution in [-0.4, -0.2) is 62.5 Å². The standard InChI is InChI=1S/C26H30N4O5/c1-4-34-26(33)22-13-27-30-24(32)12-19(28-25(22)30)14-29(17(2)3)15-20(31)16-35-23-11-7-9-18-8-5-6-10-21(18)23/h5-13,17,20,27,31H,4,14-16H2,1-3H3. The van der Waals surface area contributed by atoms with Gasteiger partial charge in [0.1, 0.15) is 24.0 Å². The average Bonchev–Trinajstić information content (AvgIpc) is 3.27. The van der Waals surface area contributed by atoms with Gasteiger partial charge in [-0.15, -0.1) is 0 Å². The van der Waals surface area contributed by atoms with Gasteiger partial charge in [0.15, 0.2) is 5.65 Å². The van der Waals surface area contributed by atoms with E-state index in [0.29, 0.717) is 18.8 Å². The van der Waals surface area contributed by atoms with E-state index < -0.39 is 12.1 Å². The minimum atomic E-state index is -0.761. The number of hydrogen-bond acceptors (Lipinski definition) is 7.